The fraction of sp³-hybridized carbons (Fsp3) is 0.600. The highest BCUT2D eigenvalue weighted by Crippen LogP contribution is 2.82. The number of hydrogen-bond donors (Lipinski definition) is 2. The van der Waals surface area contributed by atoms with Crippen LogP contribution in [-0.4, -0.2) is 68.2 Å². The third kappa shape index (κ3) is 5.40. The van der Waals surface area contributed by atoms with Crippen molar-refractivity contribution in [2.45, 2.75) is 103 Å². The molecule has 4 fully saturated rings. The summed E-state index contributed by atoms with van der Waals surface area (Å²) in [5.74, 6) is -0.894. The van der Waals surface area contributed by atoms with E-state index >= 15 is 0 Å². The zero-order valence-electron chi connectivity index (χ0n) is 29.9. The summed E-state index contributed by atoms with van der Waals surface area (Å²) in [4.78, 5) is 27.2. The van der Waals surface area contributed by atoms with Crippen LogP contribution in [0.1, 0.15) is 64.5 Å². The van der Waals surface area contributed by atoms with E-state index in [1.807, 2.05) is 51.1 Å². The molecule has 2 N–H and O–H groups in total. The lowest BCUT2D eigenvalue weighted by Crippen LogP contribution is -2.64. The Bertz CT molecular complexity index is 1780. The van der Waals surface area contributed by atoms with E-state index in [0.29, 0.717) is 18.8 Å². The number of carbonyl (C=O) groups is 2. The average molecular weight is 723 g/mol. The van der Waals surface area contributed by atoms with Gasteiger partial charge < -0.3 is 29.2 Å². The lowest BCUT2D eigenvalue weighted by molar-refractivity contribution is -0.306. The summed E-state index contributed by atoms with van der Waals surface area (Å²) in [6.45, 7) is 9.74. The minimum atomic E-state index is -4.37. The van der Waals surface area contributed by atoms with Gasteiger partial charge in [0, 0.05) is 5.41 Å². The Hall–Kier alpha value is -2.93. The number of aryl methyl sites for hydroxylation is 1. The second-order valence-corrected chi connectivity index (χ2v) is 17.7. The summed E-state index contributed by atoms with van der Waals surface area (Å²) in [6.07, 6.45) is -0.364. The zero-order valence-corrected chi connectivity index (χ0v) is 30.8. The summed E-state index contributed by atoms with van der Waals surface area (Å²) in [7, 11) is -4.37. The standard InChI is InChI=1S/C40H50O10S/c1-23(2)32-17-28-18-38(21-41)31-16-13-25(4)30(31)19-39(28,40(32,38)37(43)44)22-48-36-33(42)35(50-51(45,46)29-14-11-24(3)12-15-29)34(26(5)49-36)47-20-27-9-7-6-8-10-27/h6-12,14-15,17,21,23,25-26,28,30-31,33-36,42H,13,16,18-20,22H2,1-5H3,(H,43,44)/t25?,26-,28?,30?,31?,33+,34-,35+,36-,38?,39?,40?/m1/s1. The van der Waals surface area contributed by atoms with Gasteiger partial charge in [-0.1, -0.05) is 86.9 Å². The summed E-state index contributed by atoms with van der Waals surface area (Å²) in [5.41, 5.74) is -1.01. The van der Waals surface area contributed by atoms with Crippen molar-refractivity contribution >= 4 is 22.4 Å². The molecule has 7 unspecified atom stereocenters. The molecule has 0 radical (unpaired) electrons. The second-order valence-electron chi connectivity index (χ2n) is 16.1. The maximum absolute atomic E-state index is 13.9. The molecule has 0 amide bonds. The lowest BCUT2D eigenvalue weighted by Gasteiger charge is -2.58. The highest BCUT2D eigenvalue weighted by atomic mass is 32.2. The van der Waals surface area contributed by atoms with Crippen LogP contribution in [0.5, 0.6) is 0 Å². The second kappa shape index (κ2) is 13.2. The molecule has 4 aliphatic carbocycles. The van der Waals surface area contributed by atoms with Crippen molar-refractivity contribution in [3.63, 3.8) is 0 Å². The Morgan fingerprint density at radius 3 is 2.37 bits per heavy atom. The predicted octanol–water partition coefficient (Wildman–Crippen LogP) is 5.70. The monoisotopic (exact) mass is 722 g/mol. The highest BCUT2D eigenvalue weighted by Gasteiger charge is 2.84. The van der Waals surface area contributed by atoms with E-state index in [9.17, 15) is 28.2 Å². The normalized spacial score (nSPS) is 39.9. The van der Waals surface area contributed by atoms with Crippen molar-refractivity contribution < 1.29 is 46.6 Å². The van der Waals surface area contributed by atoms with Crippen LogP contribution >= 0.6 is 0 Å². The Kier molecular flexibility index (Phi) is 9.41. The van der Waals surface area contributed by atoms with E-state index in [2.05, 4.69) is 13.0 Å². The van der Waals surface area contributed by atoms with Gasteiger partial charge in [0.05, 0.1) is 29.6 Å². The van der Waals surface area contributed by atoms with E-state index in [0.717, 1.165) is 35.8 Å². The van der Waals surface area contributed by atoms with Crippen molar-refractivity contribution in [2.24, 2.45) is 45.8 Å². The molecule has 2 aromatic carbocycles. The van der Waals surface area contributed by atoms with Gasteiger partial charge in [-0.3, -0.25) is 8.98 Å². The van der Waals surface area contributed by atoms with Gasteiger partial charge in [-0.25, -0.2) is 0 Å². The van der Waals surface area contributed by atoms with E-state index in [4.69, 9.17) is 18.4 Å². The fourth-order valence-electron chi connectivity index (χ4n) is 11.0. The third-order valence-electron chi connectivity index (χ3n) is 13.2. The predicted molar refractivity (Wildman–Crippen MR) is 187 cm³/mol. The number of hydrogen-bond acceptors (Lipinski definition) is 9. The van der Waals surface area contributed by atoms with Crippen molar-refractivity contribution in [3.05, 3.63) is 77.4 Å². The molecule has 1 heterocycles. The van der Waals surface area contributed by atoms with Gasteiger partial charge in [0.25, 0.3) is 10.1 Å². The molecular formula is C40H50O10S. The first kappa shape index (κ1) is 36.4. The Labute approximate surface area is 300 Å². The van der Waals surface area contributed by atoms with E-state index in [1.54, 1.807) is 19.1 Å². The van der Waals surface area contributed by atoms with Gasteiger partial charge in [-0.15, -0.1) is 0 Å². The number of aliphatic carboxylic acids is 1. The molecule has 11 heteroatoms. The van der Waals surface area contributed by atoms with Gasteiger partial charge in [-0.2, -0.15) is 8.42 Å². The van der Waals surface area contributed by atoms with Gasteiger partial charge in [0.15, 0.2) is 6.29 Å². The summed E-state index contributed by atoms with van der Waals surface area (Å²) < 4.78 is 52.1. The minimum absolute atomic E-state index is 0.0366. The first-order valence-corrected chi connectivity index (χ1v) is 19.7. The molecule has 276 valence electrons. The maximum Gasteiger partial charge on any atom is 0.315 e. The number of aliphatic hydroxyl groups is 1. The van der Waals surface area contributed by atoms with Crippen LogP contribution in [0.2, 0.25) is 0 Å². The van der Waals surface area contributed by atoms with Crippen molar-refractivity contribution in [1.82, 2.24) is 0 Å². The topological polar surface area (TPSA) is 146 Å². The SMILES string of the molecule is Cc1ccc(S(=O)(=O)O[C@H]2[C@H](O)[C@H](OCC34CC5C(C)CCC5C5(C=O)CC3C=C(C(C)C)C54C(=O)O)O[C@H](C)[C@H]2OCc2ccccc2)cc1. The first-order valence-electron chi connectivity index (χ1n) is 18.2. The number of carbonyl (C=O) groups excluding carboxylic acids is 1. The van der Waals surface area contributed by atoms with Crippen LogP contribution in [0.15, 0.2) is 71.1 Å². The molecule has 51 heavy (non-hydrogen) atoms. The van der Waals surface area contributed by atoms with Crippen LogP contribution in [-0.2, 0) is 44.7 Å². The van der Waals surface area contributed by atoms with Crippen LogP contribution in [0.3, 0.4) is 0 Å². The molecule has 5 aliphatic rings. The molecule has 10 nitrogen and oxygen atoms in total. The molecule has 7 rings (SSSR count). The van der Waals surface area contributed by atoms with E-state index in [1.165, 1.54) is 12.1 Å². The van der Waals surface area contributed by atoms with Gasteiger partial charge in [0.2, 0.25) is 0 Å². The van der Waals surface area contributed by atoms with Crippen LogP contribution in [0.25, 0.3) is 0 Å². The minimum Gasteiger partial charge on any atom is -0.481 e. The molecule has 1 saturated heterocycles. The van der Waals surface area contributed by atoms with Crippen LogP contribution < -0.4 is 0 Å². The number of fused-ring (bicyclic) bond motifs is 2. The fourth-order valence-corrected chi connectivity index (χ4v) is 12.1. The molecule has 12 atom stereocenters. The Balaban J connectivity index is 1.22. The number of rotatable bonds is 12. The molecule has 0 spiro atoms. The largest absolute Gasteiger partial charge is 0.481 e. The molecule has 3 saturated carbocycles. The zero-order chi connectivity index (χ0) is 36.5. The van der Waals surface area contributed by atoms with E-state index < -0.39 is 63.0 Å². The van der Waals surface area contributed by atoms with Crippen molar-refractivity contribution in [2.75, 3.05) is 6.61 Å². The number of ether oxygens (including phenoxy) is 3. The molecule has 2 aromatic rings. The molecular weight excluding hydrogens is 672 g/mol. The molecule has 4 bridgehead atoms. The Morgan fingerprint density at radius 1 is 1.02 bits per heavy atom. The van der Waals surface area contributed by atoms with Gasteiger partial charge in [-0.05, 0) is 80.4 Å². The van der Waals surface area contributed by atoms with Crippen molar-refractivity contribution in [1.29, 1.82) is 0 Å². The third-order valence-corrected chi connectivity index (χ3v) is 14.5. The smallest absolute Gasteiger partial charge is 0.315 e. The highest BCUT2D eigenvalue weighted by molar-refractivity contribution is 7.86. The summed E-state index contributed by atoms with van der Waals surface area (Å²) >= 11 is 0. The summed E-state index contributed by atoms with van der Waals surface area (Å²) in [5, 5.41) is 23.2. The molecule has 1 aliphatic heterocycles. The number of aldehydes is 1. The van der Waals surface area contributed by atoms with Gasteiger partial charge in [0.1, 0.15) is 30.0 Å². The number of carboxylic acid groups (broad SMARTS) is 1. The average Bonchev–Trinajstić information content (AvgIpc) is 3.67. The van der Waals surface area contributed by atoms with Crippen LogP contribution in [0.4, 0.5) is 0 Å². The first-order chi connectivity index (χ1) is 24.2. The number of benzene rings is 2. The van der Waals surface area contributed by atoms with Crippen LogP contribution in [0, 0.1) is 52.8 Å². The quantitative estimate of drug-likeness (QED) is 0.159. The number of allylic oxidation sites excluding steroid dienone is 1. The van der Waals surface area contributed by atoms with E-state index in [-0.39, 0.29) is 41.8 Å². The Morgan fingerprint density at radius 2 is 1.73 bits per heavy atom. The molecule has 0 aromatic heterocycles. The summed E-state index contributed by atoms with van der Waals surface area (Å²) in [6, 6.07) is 15.6. The lowest BCUT2D eigenvalue weighted by atomic mass is 9.43. The van der Waals surface area contributed by atoms with Crippen molar-refractivity contribution in [3.8, 4) is 0 Å². The number of carboxylic acids is 1. The van der Waals surface area contributed by atoms with Gasteiger partial charge >= 0.3 is 5.97 Å². The number of aliphatic hydroxyl groups excluding tert-OH is 1. The maximum atomic E-state index is 13.9.